The number of hydrogen-bond donors (Lipinski definition) is 2. The van der Waals surface area contributed by atoms with E-state index in [4.69, 9.17) is 10.4 Å². The molecule has 0 spiro atoms. The van der Waals surface area contributed by atoms with E-state index in [0.717, 1.165) is 5.56 Å². The molecule has 144 valence electrons. The molecule has 28 heavy (non-hydrogen) atoms. The van der Waals surface area contributed by atoms with Crippen LogP contribution in [0.4, 0.5) is 15.9 Å². The second kappa shape index (κ2) is 8.75. The Kier molecular flexibility index (Phi) is 6.15. The number of nitrogens with one attached hydrogen (secondary N) is 1. The molecule has 9 heteroatoms. The quantitative estimate of drug-likeness (QED) is 0.442. The van der Waals surface area contributed by atoms with Gasteiger partial charge in [0.2, 0.25) is 11.7 Å². The third-order valence-corrected chi connectivity index (χ3v) is 4.57. The summed E-state index contributed by atoms with van der Waals surface area (Å²) in [7, 11) is 0. The fraction of sp³-hybridized carbons (Fsp3) is 0.158. The molecule has 0 saturated heterocycles. The lowest BCUT2D eigenvalue weighted by molar-refractivity contribution is -0.119. The molecule has 0 fully saturated rings. The first kappa shape index (κ1) is 19.7. The third-order valence-electron chi connectivity index (χ3n) is 3.96. The molecule has 1 amide bonds. The standard InChI is InChI=1S/C19H17BrFN5O2/c1-11(9-12-5-3-2-4-6-12)19(27)24-18-16(25-28-26-18)17(22)23-13-7-8-15(21)14(20)10-13/h2-8,10-11H,9H2,1H3,(H2,22,23)(H,24,26,27). The van der Waals surface area contributed by atoms with Crippen LogP contribution in [0.15, 0.2) is 62.6 Å². The van der Waals surface area contributed by atoms with Crippen LogP contribution in [-0.4, -0.2) is 22.1 Å². The number of carbonyl (C=O) groups is 1. The number of nitrogens with zero attached hydrogens (tertiary/aromatic N) is 3. The van der Waals surface area contributed by atoms with E-state index in [9.17, 15) is 9.18 Å². The largest absolute Gasteiger partial charge is 0.382 e. The van der Waals surface area contributed by atoms with E-state index in [1.807, 2.05) is 37.3 Å². The van der Waals surface area contributed by atoms with E-state index in [1.165, 1.54) is 18.2 Å². The summed E-state index contributed by atoms with van der Waals surface area (Å²) in [5.74, 6) is -0.921. The van der Waals surface area contributed by atoms with Gasteiger partial charge in [-0.3, -0.25) is 4.79 Å². The van der Waals surface area contributed by atoms with Gasteiger partial charge >= 0.3 is 0 Å². The molecule has 1 aromatic heterocycles. The van der Waals surface area contributed by atoms with E-state index < -0.39 is 5.82 Å². The van der Waals surface area contributed by atoms with Gasteiger partial charge in [0, 0.05) is 5.92 Å². The number of benzene rings is 2. The Morgan fingerprint density at radius 3 is 2.75 bits per heavy atom. The van der Waals surface area contributed by atoms with Crippen molar-refractivity contribution in [3.8, 4) is 0 Å². The first-order valence-corrected chi connectivity index (χ1v) is 9.20. The van der Waals surface area contributed by atoms with Gasteiger partial charge in [0.15, 0.2) is 11.5 Å². The van der Waals surface area contributed by atoms with Crippen LogP contribution < -0.4 is 11.1 Å². The molecule has 0 radical (unpaired) electrons. The summed E-state index contributed by atoms with van der Waals surface area (Å²) in [6, 6.07) is 13.9. The normalized spacial score (nSPS) is 12.6. The zero-order chi connectivity index (χ0) is 20.1. The van der Waals surface area contributed by atoms with Crippen molar-refractivity contribution in [2.75, 3.05) is 5.32 Å². The Morgan fingerprint density at radius 2 is 2.04 bits per heavy atom. The minimum Gasteiger partial charge on any atom is -0.382 e. The van der Waals surface area contributed by atoms with Gasteiger partial charge < -0.3 is 11.1 Å². The summed E-state index contributed by atoms with van der Waals surface area (Å²) in [6.45, 7) is 1.81. The predicted octanol–water partition coefficient (Wildman–Crippen LogP) is 3.83. The number of rotatable bonds is 6. The maximum absolute atomic E-state index is 13.3. The Bertz CT molecular complexity index is 1010. The van der Waals surface area contributed by atoms with Crippen LogP contribution in [0.3, 0.4) is 0 Å². The number of halogens is 2. The fourth-order valence-corrected chi connectivity index (χ4v) is 2.85. The summed E-state index contributed by atoms with van der Waals surface area (Å²) in [5, 5.41) is 10.1. The molecular formula is C19H17BrFN5O2. The predicted molar refractivity (Wildman–Crippen MR) is 107 cm³/mol. The third kappa shape index (κ3) is 4.80. The van der Waals surface area contributed by atoms with E-state index in [-0.39, 0.29) is 33.6 Å². The number of anilines is 1. The highest BCUT2D eigenvalue weighted by atomic mass is 79.9. The Morgan fingerprint density at radius 1 is 1.29 bits per heavy atom. The van der Waals surface area contributed by atoms with Gasteiger partial charge in [0.1, 0.15) is 5.82 Å². The van der Waals surface area contributed by atoms with Crippen LogP contribution in [0.25, 0.3) is 0 Å². The molecule has 0 aliphatic heterocycles. The van der Waals surface area contributed by atoms with Crippen LogP contribution in [0.2, 0.25) is 0 Å². The van der Waals surface area contributed by atoms with Crippen LogP contribution in [-0.2, 0) is 11.2 Å². The molecule has 7 nitrogen and oxygen atoms in total. The maximum atomic E-state index is 13.3. The number of amidine groups is 1. The van der Waals surface area contributed by atoms with Crippen molar-refractivity contribution >= 4 is 39.2 Å². The Hall–Kier alpha value is -3.07. The van der Waals surface area contributed by atoms with E-state index >= 15 is 0 Å². The molecule has 0 aliphatic rings. The smallest absolute Gasteiger partial charge is 0.228 e. The van der Waals surface area contributed by atoms with Gasteiger partial charge in [-0.05, 0) is 56.4 Å². The van der Waals surface area contributed by atoms with Crippen molar-refractivity contribution < 1.29 is 13.8 Å². The highest BCUT2D eigenvalue weighted by molar-refractivity contribution is 9.10. The van der Waals surface area contributed by atoms with Gasteiger partial charge in [0.25, 0.3) is 0 Å². The topological polar surface area (TPSA) is 106 Å². The van der Waals surface area contributed by atoms with Crippen molar-refractivity contribution in [2.45, 2.75) is 13.3 Å². The molecule has 1 heterocycles. The fourth-order valence-electron chi connectivity index (χ4n) is 2.49. The molecule has 0 aliphatic carbocycles. The van der Waals surface area contributed by atoms with Crippen LogP contribution in [0.5, 0.6) is 0 Å². The number of hydrogen-bond acceptors (Lipinski definition) is 5. The van der Waals surface area contributed by atoms with Crippen molar-refractivity contribution in [1.82, 2.24) is 10.3 Å². The minimum atomic E-state index is -0.416. The summed E-state index contributed by atoms with van der Waals surface area (Å²) in [5.41, 5.74) is 7.51. The Labute approximate surface area is 168 Å². The van der Waals surface area contributed by atoms with Gasteiger partial charge in [-0.15, -0.1) is 0 Å². The lowest BCUT2D eigenvalue weighted by Gasteiger charge is -2.11. The number of carbonyl (C=O) groups excluding carboxylic acids is 1. The molecule has 3 rings (SSSR count). The van der Waals surface area contributed by atoms with Gasteiger partial charge in [-0.1, -0.05) is 37.3 Å². The van der Waals surface area contributed by atoms with E-state index in [0.29, 0.717) is 12.1 Å². The zero-order valence-corrected chi connectivity index (χ0v) is 16.5. The van der Waals surface area contributed by atoms with E-state index in [2.05, 4.69) is 36.6 Å². The SMILES string of the molecule is CC(Cc1ccccc1)C(=O)Nc1nonc1C(N)=Nc1ccc(F)c(Br)c1. The minimum absolute atomic E-state index is 0.0224. The van der Waals surface area contributed by atoms with Crippen LogP contribution in [0, 0.1) is 11.7 Å². The van der Waals surface area contributed by atoms with Crippen molar-refractivity contribution in [3.05, 3.63) is 70.1 Å². The number of aromatic nitrogens is 2. The summed E-state index contributed by atoms with van der Waals surface area (Å²) in [6.07, 6.45) is 0.570. The average molecular weight is 446 g/mol. The summed E-state index contributed by atoms with van der Waals surface area (Å²) < 4.78 is 18.3. The number of nitrogens with two attached hydrogens (primary N) is 1. The molecule has 3 N–H and O–H groups in total. The second-order valence-corrected chi connectivity index (χ2v) is 6.99. The van der Waals surface area contributed by atoms with Crippen molar-refractivity contribution in [3.63, 3.8) is 0 Å². The molecule has 2 aromatic carbocycles. The van der Waals surface area contributed by atoms with Crippen LogP contribution in [0.1, 0.15) is 18.2 Å². The molecule has 0 bridgehead atoms. The molecule has 3 aromatic rings. The van der Waals surface area contributed by atoms with Gasteiger partial charge in [-0.2, -0.15) is 0 Å². The molecular weight excluding hydrogens is 429 g/mol. The Balaban J connectivity index is 1.73. The summed E-state index contributed by atoms with van der Waals surface area (Å²) >= 11 is 3.09. The average Bonchev–Trinajstić information content (AvgIpc) is 3.13. The van der Waals surface area contributed by atoms with E-state index in [1.54, 1.807) is 0 Å². The first-order valence-electron chi connectivity index (χ1n) is 8.41. The number of aliphatic imine (C=N–C) groups is 1. The van der Waals surface area contributed by atoms with Gasteiger partial charge in [-0.25, -0.2) is 14.0 Å². The lowest BCUT2D eigenvalue weighted by atomic mass is 10.0. The van der Waals surface area contributed by atoms with Crippen LogP contribution >= 0.6 is 15.9 Å². The lowest BCUT2D eigenvalue weighted by Crippen LogP contribution is -2.24. The second-order valence-electron chi connectivity index (χ2n) is 6.14. The van der Waals surface area contributed by atoms with Crippen molar-refractivity contribution in [1.29, 1.82) is 0 Å². The maximum Gasteiger partial charge on any atom is 0.228 e. The molecule has 0 saturated carbocycles. The molecule has 1 atom stereocenters. The highest BCUT2D eigenvalue weighted by Crippen LogP contribution is 2.23. The first-order chi connectivity index (χ1) is 13.4. The highest BCUT2D eigenvalue weighted by Gasteiger charge is 2.20. The molecule has 1 unspecified atom stereocenters. The monoisotopic (exact) mass is 445 g/mol. The van der Waals surface area contributed by atoms with Crippen molar-refractivity contribution in [2.24, 2.45) is 16.6 Å². The zero-order valence-electron chi connectivity index (χ0n) is 14.9. The number of amides is 1. The summed E-state index contributed by atoms with van der Waals surface area (Å²) in [4.78, 5) is 16.6. The van der Waals surface area contributed by atoms with Gasteiger partial charge in [0.05, 0.1) is 10.2 Å².